The molecule has 2 amide bonds. The van der Waals surface area contributed by atoms with E-state index in [1.54, 1.807) is 0 Å². The van der Waals surface area contributed by atoms with Crippen molar-refractivity contribution in [2.45, 2.75) is 44.9 Å². The van der Waals surface area contributed by atoms with Gasteiger partial charge in [0.05, 0.1) is 0 Å². The maximum Gasteiger partial charge on any atom is 0.240 e. The van der Waals surface area contributed by atoms with Crippen LogP contribution in [0, 0.1) is 5.41 Å². The van der Waals surface area contributed by atoms with Crippen LogP contribution in [0.15, 0.2) is 40.4 Å². The van der Waals surface area contributed by atoms with Crippen molar-refractivity contribution in [3.63, 3.8) is 0 Å². The van der Waals surface area contributed by atoms with Gasteiger partial charge in [-0.1, -0.05) is 33.6 Å². The highest BCUT2D eigenvalue weighted by molar-refractivity contribution is 9.10. The lowest BCUT2D eigenvalue weighted by Gasteiger charge is -2.17. The van der Waals surface area contributed by atoms with Crippen molar-refractivity contribution in [3.05, 3.63) is 40.4 Å². The van der Waals surface area contributed by atoms with Crippen LogP contribution in [0.3, 0.4) is 0 Å². The molecule has 1 saturated carbocycles. The number of carbonyl (C=O) groups is 2. The smallest absolute Gasteiger partial charge is 0.240 e. The summed E-state index contributed by atoms with van der Waals surface area (Å²) in [6, 6.07) is 7.42. The molecule has 1 fully saturated rings. The van der Waals surface area contributed by atoms with Gasteiger partial charge < -0.3 is 10.6 Å². The maximum absolute atomic E-state index is 12.5. The van der Waals surface area contributed by atoms with E-state index in [0.717, 1.165) is 23.7 Å². The molecule has 0 unspecified atom stereocenters. The van der Waals surface area contributed by atoms with Gasteiger partial charge in [-0.15, -0.1) is 0 Å². The summed E-state index contributed by atoms with van der Waals surface area (Å²) in [6.07, 6.45) is 9.26. The second-order valence-electron chi connectivity index (χ2n) is 6.66. The van der Waals surface area contributed by atoms with Crippen LogP contribution in [-0.4, -0.2) is 18.4 Å². The lowest BCUT2D eigenvalue weighted by Crippen LogP contribution is -2.40. The fourth-order valence-electron chi connectivity index (χ4n) is 3.14. The van der Waals surface area contributed by atoms with Crippen LogP contribution < -0.4 is 10.6 Å². The standard InChI is InChI=1S/C19H23BrN2O2/c20-15-7-4-8-16(13-15)22-18(24)19(10-11-19)17(23)21-12-9-14-5-2-1-3-6-14/h4-5,7-8,13H,1-3,6,9-12H2,(H,21,23)(H,22,24). The van der Waals surface area contributed by atoms with E-state index in [0.29, 0.717) is 25.1 Å². The number of anilines is 1. The zero-order chi connectivity index (χ0) is 17.0. The second-order valence-corrected chi connectivity index (χ2v) is 7.58. The zero-order valence-corrected chi connectivity index (χ0v) is 15.3. The van der Waals surface area contributed by atoms with Crippen LogP contribution in [0.1, 0.15) is 44.9 Å². The molecule has 0 heterocycles. The minimum absolute atomic E-state index is 0.133. The number of hydrogen-bond acceptors (Lipinski definition) is 2. The van der Waals surface area contributed by atoms with Crippen molar-refractivity contribution in [1.82, 2.24) is 5.32 Å². The molecule has 0 bridgehead atoms. The largest absolute Gasteiger partial charge is 0.355 e. The summed E-state index contributed by atoms with van der Waals surface area (Å²) in [4.78, 5) is 25.0. The highest BCUT2D eigenvalue weighted by Crippen LogP contribution is 2.46. The Hall–Kier alpha value is -1.62. The molecule has 0 radical (unpaired) electrons. The Labute approximate surface area is 151 Å². The molecule has 2 aliphatic rings. The van der Waals surface area contributed by atoms with Gasteiger partial charge in [-0.3, -0.25) is 9.59 Å². The number of halogens is 1. The highest BCUT2D eigenvalue weighted by atomic mass is 79.9. The summed E-state index contributed by atoms with van der Waals surface area (Å²) in [5.74, 6) is -0.332. The second kappa shape index (κ2) is 7.51. The van der Waals surface area contributed by atoms with Gasteiger partial charge in [0.1, 0.15) is 5.41 Å². The minimum atomic E-state index is -0.872. The van der Waals surface area contributed by atoms with Crippen LogP contribution in [0.5, 0.6) is 0 Å². The van der Waals surface area contributed by atoms with E-state index in [4.69, 9.17) is 0 Å². The normalized spacial score (nSPS) is 18.5. The molecule has 1 aromatic carbocycles. The van der Waals surface area contributed by atoms with Crippen molar-refractivity contribution >= 4 is 33.4 Å². The van der Waals surface area contributed by atoms with E-state index in [1.165, 1.54) is 18.4 Å². The Morgan fingerprint density at radius 3 is 2.67 bits per heavy atom. The highest BCUT2D eigenvalue weighted by Gasteiger charge is 2.56. The van der Waals surface area contributed by atoms with Gasteiger partial charge in [0, 0.05) is 16.7 Å². The van der Waals surface area contributed by atoms with Crippen LogP contribution in [0.2, 0.25) is 0 Å². The van der Waals surface area contributed by atoms with E-state index >= 15 is 0 Å². The molecule has 2 aliphatic carbocycles. The van der Waals surface area contributed by atoms with Crippen LogP contribution in [0.25, 0.3) is 0 Å². The van der Waals surface area contributed by atoms with Gasteiger partial charge in [0.15, 0.2) is 0 Å². The maximum atomic E-state index is 12.5. The van der Waals surface area contributed by atoms with Gasteiger partial charge in [0.2, 0.25) is 11.8 Å². The number of rotatable bonds is 6. The summed E-state index contributed by atoms with van der Waals surface area (Å²) < 4.78 is 0.898. The van der Waals surface area contributed by atoms with Crippen molar-refractivity contribution in [3.8, 4) is 0 Å². The SMILES string of the molecule is O=C(NCCC1=CCCCC1)C1(C(=O)Nc2cccc(Br)c2)CC1. The molecule has 128 valence electrons. The molecule has 5 heteroatoms. The van der Waals surface area contributed by atoms with E-state index < -0.39 is 5.41 Å². The number of carbonyl (C=O) groups excluding carboxylic acids is 2. The minimum Gasteiger partial charge on any atom is -0.355 e. The third kappa shape index (κ3) is 4.07. The molecule has 0 aliphatic heterocycles. The average molecular weight is 391 g/mol. The summed E-state index contributed by atoms with van der Waals surface area (Å²) >= 11 is 3.38. The number of amides is 2. The van der Waals surface area contributed by atoms with Crippen molar-refractivity contribution < 1.29 is 9.59 Å². The molecule has 0 aromatic heterocycles. The van der Waals surface area contributed by atoms with Gasteiger partial charge in [-0.25, -0.2) is 0 Å². The number of benzene rings is 1. The molecule has 4 nitrogen and oxygen atoms in total. The monoisotopic (exact) mass is 390 g/mol. The molecule has 0 atom stereocenters. The number of nitrogens with one attached hydrogen (secondary N) is 2. The Balaban J connectivity index is 1.51. The van der Waals surface area contributed by atoms with Crippen LogP contribution >= 0.6 is 15.9 Å². The molecular formula is C19H23BrN2O2. The zero-order valence-electron chi connectivity index (χ0n) is 13.7. The average Bonchev–Trinajstić information content (AvgIpc) is 3.38. The lowest BCUT2D eigenvalue weighted by molar-refractivity contribution is -0.134. The third-order valence-corrected chi connectivity index (χ3v) is 5.31. The summed E-state index contributed by atoms with van der Waals surface area (Å²) in [5, 5.41) is 5.83. The van der Waals surface area contributed by atoms with E-state index in [1.807, 2.05) is 24.3 Å². The summed E-state index contributed by atoms with van der Waals surface area (Å²) in [6.45, 7) is 0.622. The lowest BCUT2D eigenvalue weighted by atomic mass is 9.97. The first-order chi connectivity index (χ1) is 11.6. The van der Waals surface area contributed by atoms with Crippen LogP contribution in [0.4, 0.5) is 5.69 Å². The van der Waals surface area contributed by atoms with Gasteiger partial charge in [-0.2, -0.15) is 0 Å². The topological polar surface area (TPSA) is 58.2 Å². The van der Waals surface area contributed by atoms with Crippen molar-refractivity contribution in [2.24, 2.45) is 5.41 Å². The van der Waals surface area contributed by atoms with Gasteiger partial charge >= 0.3 is 0 Å². The fraction of sp³-hybridized carbons (Fsp3) is 0.474. The van der Waals surface area contributed by atoms with Gasteiger partial charge in [0.25, 0.3) is 0 Å². The molecule has 1 aromatic rings. The third-order valence-electron chi connectivity index (χ3n) is 4.82. The number of allylic oxidation sites excluding steroid dienone is 1. The summed E-state index contributed by atoms with van der Waals surface area (Å²) in [7, 11) is 0. The Morgan fingerprint density at radius 2 is 2.00 bits per heavy atom. The predicted octanol–water partition coefficient (Wildman–Crippen LogP) is 4.17. The molecule has 24 heavy (non-hydrogen) atoms. The molecule has 0 spiro atoms. The van der Waals surface area contributed by atoms with E-state index in [-0.39, 0.29) is 11.8 Å². The first kappa shape index (κ1) is 17.2. The van der Waals surface area contributed by atoms with Crippen molar-refractivity contribution in [2.75, 3.05) is 11.9 Å². The predicted molar refractivity (Wildman–Crippen MR) is 98.6 cm³/mol. The van der Waals surface area contributed by atoms with E-state index in [9.17, 15) is 9.59 Å². The first-order valence-electron chi connectivity index (χ1n) is 8.63. The fourth-order valence-corrected chi connectivity index (χ4v) is 3.54. The quantitative estimate of drug-likeness (QED) is 0.565. The summed E-state index contributed by atoms with van der Waals surface area (Å²) in [5.41, 5.74) is 1.27. The van der Waals surface area contributed by atoms with Crippen LogP contribution in [-0.2, 0) is 9.59 Å². The molecular weight excluding hydrogens is 368 g/mol. The molecule has 3 rings (SSSR count). The Bertz CT molecular complexity index is 665. The number of hydrogen-bond donors (Lipinski definition) is 2. The molecule has 0 saturated heterocycles. The van der Waals surface area contributed by atoms with Crippen molar-refractivity contribution in [1.29, 1.82) is 0 Å². The van der Waals surface area contributed by atoms with Gasteiger partial charge in [-0.05, 0) is 63.1 Å². The Morgan fingerprint density at radius 1 is 1.17 bits per heavy atom. The Kier molecular flexibility index (Phi) is 5.39. The first-order valence-corrected chi connectivity index (χ1v) is 9.43. The van der Waals surface area contributed by atoms with E-state index in [2.05, 4.69) is 32.6 Å². The molecule has 2 N–H and O–H groups in total.